The van der Waals surface area contributed by atoms with Crippen LogP contribution >= 0.6 is 11.6 Å². The van der Waals surface area contributed by atoms with Crippen molar-refractivity contribution in [1.29, 1.82) is 0 Å². The van der Waals surface area contributed by atoms with Crippen molar-refractivity contribution in [3.8, 4) is 0 Å². The van der Waals surface area contributed by atoms with Crippen molar-refractivity contribution < 1.29 is 13.2 Å². The van der Waals surface area contributed by atoms with E-state index in [4.69, 9.17) is 17.3 Å². The quantitative estimate of drug-likeness (QED) is 0.810. The maximum Gasteiger partial charge on any atom is 0.251 e. The molecule has 0 spiro atoms. The lowest BCUT2D eigenvalue weighted by Gasteiger charge is -2.30. The van der Waals surface area contributed by atoms with Gasteiger partial charge in [-0.25, -0.2) is 12.7 Å². The fourth-order valence-corrected chi connectivity index (χ4v) is 3.46. The Hall–Kier alpha value is -1.31. The van der Waals surface area contributed by atoms with E-state index in [1.807, 2.05) is 0 Å². The molecule has 1 saturated heterocycles. The Labute approximate surface area is 129 Å². The number of hydrogen-bond acceptors (Lipinski definition) is 4. The third kappa shape index (κ3) is 4.33. The SMILES string of the molecule is CS(=O)(=O)N1CCC(NC(=O)c2cc(N)cc(Cl)c2)CC1. The van der Waals surface area contributed by atoms with Crippen LogP contribution in [0.1, 0.15) is 23.2 Å². The summed E-state index contributed by atoms with van der Waals surface area (Å²) in [4.78, 5) is 12.1. The smallest absolute Gasteiger partial charge is 0.251 e. The molecule has 3 N–H and O–H groups in total. The van der Waals surface area contributed by atoms with Crippen molar-refractivity contribution in [2.45, 2.75) is 18.9 Å². The highest BCUT2D eigenvalue weighted by molar-refractivity contribution is 7.88. The molecule has 0 aliphatic carbocycles. The second kappa shape index (κ2) is 6.21. The van der Waals surface area contributed by atoms with Gasteiger partial charge < -0.3 is 11.1 Å². The summed E-state index contributed by atoms with van der Waals surface area (Å²) in [5.74, 6) is -0.248. The van der Waals surface area contributed by atoms with E-state index in [0.29, 0.717) is 42.2 Å². The van der Waals surface area contributed by atoms with E-state index in [0.717, 1.165) is 0 Å². The zero-order valence-electron chi connectivity index (χ0n) is 11.7. The molecule has 1 aliphatic rings. The molecular formula is C13H18ClN3O3S. The fourth-order valence-electron chi connectivity index (χ4n) is 2.34. The first-order chi connectivity index (χ1) is 9.75. The summed E-state index contributed by atoms with van der Waals surface area (Å²) in [6.07, 6.45) is 2.38. The number of nitrogen functional groups attached to an aromatic ring is 1. The molecule has 0 bridgehead atoms. The van der Waals surface area contributed by atoms with Crippen LogP contribution in [0.4, 0.5) is 5.69 Å². The summed E-state index contributed by atoms with van der Waals surface area (Å²) in [5, 5.41) is 3.30. The average molecular weight is 332 g/mol. The second-order valence-electron chi connectivity index (χ2n) is 5.18. The largest absolute Gasteiger partial charge is 0.399 e. The van der Waals surface area contributed by atoms with Crippen molar-refractivity contribution in [3.05, 3.63) is 28.8 Å². The van der Waals surface area contributed by atoms with Gasteiger partial charge in [-0.2, -0.15) is 0 Å². The van der Waals surface area contributed by atoms with Crippen molar-refractivity contribution in [2.24, 2.45) is 0 Å². The Bertz CT molecular complexity index is 620. The van der Waals surface area contributed by atoms with Gasteiger partial charge in [-0.1, -0.05) is 11.6 Å². The number of anilines is 1. The highest BCUT2D eigenvalue weighted by Gasteiger charge is 2.26. The zero-order chi connectivity index (χ0) is 15.6. The van der Waals surface area contributed by atoms with Crippen LogP contribution in [-0.4, -0.2) is 44.0 Å². The van der Waals surface area contributed by atoms with Crippen LogP contribution in [0.5, 0.6) is 0 Å². The van der Waals surface area contributed by atoms with Crippen molar-refractivity contribution in [2.75, 3.05) is 25.1 Å². The lowest BCUT2D eigenvalue weighted by atomic mass is 10.1. The minimum Gasteiger partial charge on any atom is -0.399 e. The summed E-state index contributed by atoms with van der Waals surface area (Å²) in [6.45, 7) is 0.836. The number of carbonyl (C=O) groups is 1. The predicted molar refractivity (Wildman–Crippen MR) is 82.8 cm³/mol. The molecule has 0 saturated carbocycles. The van der Waals surface area contributed by atoms with Gasteiger partial charge in [0, 0.05) is 35.4 Å². The highest BCUT2D eigenvalue weighted by atomic mass is 35.5. The van der Waals surface area contributed by atoms with E-state index in [1.165, 1.54) is 10.6 Å². The third-order valence-electron chi connectivity index (χ3n) is 3.44. The van der Waals surface area contributed by atoms with Crippen molar-refractivity contribution in [3.63, 3.8) is 0 Å². The Morgan fingerprint density at radius 2 is 1.95 bits per heavy atom. The van der Waals surface area contributed by atoms with E-state index in [2.05, 4.69) is 5.32 Å². The number of piperidine rings is 1. The monoisotopic (exact) mass is 331 g/mol. The van der Waals surface area contributed by atoms with Crippen LogP contribution in [0.25, 0.3) is 0 Å². The van der Waals surface area contributed by atoms with Gasteiger partial charge in [0.2, 0.25) is 10.0 Å². The Balaban J connectivity index is 1.96. The lowest BCUT2D eigenvalue weighted by molar-refractivity contribution is 0.0924. The molecule has 1 aromatic rings. The topological polar surface area (TPSA) is 92.5 Å². The lowest BCUT2D eigenvalue weighted by Crippen LogP contribution is -2.46. The van der Waals surface area contributed by atoms with E-state index in [-0.39, 0.29) is 11.9 Å². The standard InChI is InChI=1S/C13H18ClN3O3S/c1-21(19,20)17-4-2-12(3-5-17)16-13(18)9-6-10(14)8-11(15)7-9/h6-8,12H,2-5,15H2,1H3,(H,16,18). The highest BCUT2D eigenvalue weighted by Crippen LogP contribution is 2.18. The van der Waals surface area contributed by atoms with Crippen LogP contribution < -0.4 is 11.1 Å². The van der Waals surface area contributed by atoms with Gasteiger partial charge in [0.05, 0.1) is 6.26 Å². The number of amides is 1. The summed E-state index contributed by atoms with van der Waals surface area (Å²) in [6, 6.07) is 4.64. The number of halogens is 1. The maximum absolute atomic E-state index is 12.1. The molecule has 0 unspecified atom stereocenters. The van der Waals surface area contributed by atoms with Gasteiger partial charge >= 0.3 is 0 Å². The summed E-state index contributed by atoms with van der Waals surface area (Å²) in [5.41, 5.74) is 6.50. The van der Waals surface area contributed by atoms with E-state index < -0.39 is 10.0 Å². The Morgan fingerprint density at radius 1 is 1.33 bits per heavy atom. The maximum atomic E-state index is 12.1. The Morgan fingerprint density at radius 3 is 2.48 bits per heavy atom. The number of carbonyl (C=O) groups excluding carboxylic acids is 1. The van der Waals surface area contributed by atoms with Gasteiger partial charge in [0.25, 0.3) is 5.91 Å². The van der Waals surface area contributed by atoms with Crippen LogP contribution in [0.3, 0.4) is 0 Å². The average Bonchev–Trinajstić information content (AvgIpc) is 2.37. The molecule has 0 atom stereocenters. The molecule has 116 valence electrons. The van der Waals surface area contributed by atoms with Gasteiger partial charge in [-0.15, -0.1) is 0 Å². The summed E-state index contributed by atoms with van der Waals surface area (Å²) < 4.78 is 24.3. The minimum atomic E-state index is -3.15. The van der Waals surface area contributed by atoms with Crippen molar-refractivity contribution in [1.82, 2.24) is 9.62 Å². The van der Waals surface area contributed by atoms with Gasteiger partial charge in [0.15, 0.2) is 0 Å². The number of nitrogens with zero attached hydrogens (tertiary/aromatic N) is 1. The molecule has 1 aromatic carbocycles. The molecule has 1 aliphatic heterocycles. The molecule has 1 heterocycles. The normalized spacial score (nSPS) is 17.6. The molecule has 2 rings (SSSR count). The van der Waals surface area contributed by atoms with E-state index in [1.54, 1.807) is 18.2 Å². The number of benzene rings is 1. The second-order valence-corrected chi connectivity index (χ2v) is 7.60. The number of rotatable bonds is 3. The molecule has 21 heavy (non-hydrogen) atoms. The molecule has 0 aromatic heterocycles. The summed E-state index contributed by atoms with van der Waals surface area (Å²) in [7, 11) is -3.15. The van der Waals surface area contributed by atoms with Gasteiger partial charge in [-0.3, -0.25) is 4.79 Å². The molecule has 6 nitrogen and oxygen atoms in total. The first kappa shape index (κ1) is 16.1. The molecular weight excluding hydrogens is 314 g/mol. The molecule has 0 radical (unpaired) electrons. The summed E-state index contributed by atoms with van der Waals surface area (Å²) >= 11 is 5.87. The van der Waals surface area contributed by atoms with E-state index >= 15 is 0 Å². The van der Waals surface area contributed by atoms with Crippen molar-refractivity contribution >= 4 is 33.2 Å². The molecule has 1 fully saturated rings. The number of hydrogen-bond donors (Lipinski definition) is 2. The van der Waals surface area contributed by atoms with E-state index in [9.17, 15) is 13.2 Å². The van der Waals surface area contributed by atoms with Crippen LogP contribution in [0, 0.1) is 0 Å². The predicted octanol–water partition coefficient (Wildman–Crippen LogP) is 1.08. The van der Waals surface area contributed by atoms with Crippen LogP contribution in [0.2, 0.25) is 5.02 Å². The Kier molecular flexibility index (Phi) is 4.75. The first-order valence-corrected chi connectivity index (χ1v) is 8.80. The number of sulfonamides is 1. The first-order valence-electron chi connectivity index (χ1n) is 6.58. The van der Waals surface area contributed by atoms with Gasteiger partial charge in [-0.05, 0) is 31.0 Å². The molecule has 1 amide bonds. The molecule has 8 heteroatoms. The fraction of sp³-hybridized carbons (Fsp3) is 0.462. The van der Waals surface area contributed by atoms with Gasteiger partial charge in [0.1, 0.15) is 0 Å². The number of nitrogens with two attached hydrogens (primary N) is 1. The van der Waals surface area contributed by atoms with Crippen LogP contribution in [-0.2, 0) is 10.0 Å². The third-order valence-corrected chi connectivity index (χ3v) is 4.96. The number of nitrogens with one attached hydrogen (secondary N) is 1. The van der Waals surface area contributed by atoms with Crippen LogP contribution in [0.15, 0.2) is 18.2 Å². The zero-order valence-corrected chi connectivity index (χ0v) is 13.2. The minimum absolute atomic E-state index is 0.0456.